The Hall–Kier alpha value is -2.48. The number of carbonyl (C=O) groups excluding carboxylic acids is 1. The standard InChI is InChI=1S/C23H28N4O2S/c1-18-14-24-27(15-18)17-20-16-26(11-12-29-20)10-9-22(28)25-23(21-8-5-13-30-21)19-6-3-2-4-7-19/h2-8,13-15,20,23H,9-12,16-17H2,1H3,(H,25,28). The summed E-state index contributed by atoms with van der Waals surface area (Å²) in [5, 5.41) is 9.63. The maximum absolute atomic E-state index is 12.8. The Balaban J connectivity index is 1.30. The zero-order valence-corrected chi connectivity index (χ0v) is 18.1. The summed E-state index contributed by atoms with van der Waals surface area (Å²) in [6, 6.07) is 14.1. The predicted octanol–water partition coefficient (Wildman–Crippen LogP) is 3.25. The normalized spacial score (nSPS) is 18.2. The van der Waals surface area contributed by atoms with Crippen molar-refractivity contribution in [3.8, 4) is 0 Å². The van der Waals surface area contributed by atoms with Gasteiger partial charge in [0.15, 0.2) is 0 Å². The molecule has 1 aromatic carbocycles. The second kappa shape index (κ2) is 10.0. The van der Waals surface area contributed by atoms with E-state index in [1.807, 2.05) is 53.6 Å². The van der Waals surface area contributed by atoms with E-state index in [2.05, 4.69) is 33.5 Å². The van der Waals surface area contributed by atoms with Gasteiger partial charge in [-0.1, -0.05) is 36.4 Å². The van der Waals surface area contributed by atoms with Gasteiger partial charge in [-0.3, -0.25) is 14.4 Å². The van der Waals surface area contributed by atoms with Crippen LogP contribution in [0, 0.1) is 6.92 Å². The molecule has 1 N–H and O–H groups in total. The third kappa shape index (κ3) is 5.56. The van der Waals surface area contributed by atoms with Gasteiger partial charge in [-0.25, -0.2) is 0 Å². The molecule has 1 fully saturated rings. The van der Waals surface area contributed by atoms with Gasteiger partial charge >= 0.3 is 0 Å². The van der Waals surface area contributed by atoms with Crippen LogP contribution < -0.4 is 5.32 Å². The number of nitrogens with zero attached hydrogens (tertiary/aromatic N) is 3. The Labute approximate surface area is 181 Å². The Morgan fingerprint density at radius 2 is 2.17 bits per heavy atom. The molecule has 2 aromatic heterocycles. The quantitative estimate of drug-likeness (QED) is 0.603. The molecule has 1 amide bonds. The van der Waals surface area contributed by atoms with Crippen LogP contribution >= 0.6 is 11.3 Å². The Morgan fingerprint density at radius 3 is 2.90 bits per heavy atom. The molecule has 0 spiro atoms. The summed E-state index contributed by atoms with van der Waals surface area (Å²) in [5.74, 6) is 0.0722. The minimum absolute atomic E-state index is 0.0722. The first-order valence-electron chi connectivity index (χ1n) is 10.4. The van der Waals surface area contributed by atoms with Crippen LogP contribution in [0.1, 0.15) is 28.5 Å². The van der Waals surface area contributed by atoms with Crippen LogP contribution in [-0.4, -0.2) is 52.9 Å². The van der Waals surface area contributed by atoms with Crippen molar-refractivity contribution in [3.63, 3.8) is 0 Å². The van der Waals surface area contributed by atoms with Crippen LogP contribution in [0.2, 0.25) is 0 Å². The number of amides is 1. The number of carbonyl (C=O) groups is 1. The van der Waals surface area contributed by atoms with E-state index < -0.39 is 0 Å². The topological polar surface area (TPSA) is 59.4 Å². The van der Waals surface area contributed by atoms with Crippen molar-refractivity contribution in [2.24, 2.45) is 0 Å². The molecule has 0 saturated carbocycles. The Kier molecular flexibility index (Phi) is 6.94. The van der Waals surface area contributed by atoms with E-state index >= 15 is 0 Å². The number of thiophene rings is 1. The minimum atomic E-state index is -0.0980. The number of nitrogens with one attached hydrogen (secondary N) is 1. The Morgan fingerprint density at radius 1 is 1.30 bits per heavy atom. The van der Waals surface area contributed by atoms with Gasteiger partial charge in [0.25, 0.3) is 0 Å². The number of benzene rings is 1. The highest BCUT2D eigenvalue weighted by atomic mass is 32.1. The lowest BCUT2D eigenvalue weighted by molar-refractivity contribution is -0.122. The molecular weight excluding hydrogens is 396 g/mol. The van der Waals surface area contributed by atoms with Crippen molar-refractivity contribution < 1.29 is 9.53 Å². The van der Waals surface area contributed by atoms with E-state index in [-0.39, 0.29) is 18.1 Å². The molecule has 3 heterocycles. The molecule has 3 aromatic rings. The summed E-state index contributed by atoms with van der Waals surface area (Å²) < 4.78 is 7.83. The predicted molar refractivity (Wildman–Crippen MR) is 119 cm³/mol. The average molecular weight is 425 g/mol. The Bertz CT molecular complexity index is 926. The van der Waals surface area contributed by atoms with Crippen molar-refractivity contribution in [3.05, 3.63) is 76.2 Å². The molecule has 6 nitrogen and oxygen atoms in total. The smallest absolute Gasteiger partial charge is 0.222 e. The van der Waals surface area contributed by atoms with Crippen molar-refractivity contribution in [2.45, 2.75) is 32.0 Å². The van der Waals surface area contributed by atoms with Crippen molar-refractivity contribution in [2.75, 3.05) is 26.2 Å². The molecule has 2 atom stereocenters. The first-order valence-corrected chi connectivity index (χ1v) is 11.3. The third-order valence-corrected chi connectivity index (χ3v) is 6.23. The zero-order valence-electron chi connectivity index (χ0n) is 17.2. The van der Waals surface area contributed by atoms with E-state index in [1.54, 1.807) is 11.3 Å². The molecule has 7 heteroatoms. The maximum atomic E-state index is 12.8. The van der Waals surface area contributed by atoms with Gasteiger partial charge in [0.1, 0.15) is 0 Å². The summed E-state index contributed by atoms with van der Waals surface area (Å²) >= 11 is 1.67. The summed E-state index contributed by atoms with van der Waals surface area (Å²) in [6.45, 7) is 5.87. The highest BCUT2D eigenvalue weighted by Gasteiger charge is 2.23. The fraction of sp³-hybridized carbons (Fsp3) is 0.391. The molecule has 0 aliphatic carbocycles. The van der Waals surface area contributed by atoms with Gasteiger partial charge in [-0.2, -0.15) is 5.10 Å². The zero-order chi connectivity index (χ0) is 20.8. The molecule has 0 radical (unpaired) electrons. The van der Waals surface area contributed by atoms with Crippen molar-refractivity contribution in [1.82, 2.24) is 20.0 Å². The van der Waals surface area contributed by atoms with Crippen LogP contribution in [0.25, 0.3) is 0 Å². The van der Waals surface area contributed by atoms with Gasteiger partial charge in [0.05, 0.1) is 31.5 Å². The lowest BCUT2D eigenvalue weighted by atomic mass is 10.1. The summed E-state index contributed by atoms with van der Waals surface area (Å²) in [5.41, 5.74) is 2.26. The van der Waals surface area contributed by atoms with Crippen LogP contribution in [-0.2, 0) is 16.1 Å². The molecule has 1 aliphatic heterocycles. The van der Waals surface area contributed by atoms with Gasteiger partial charge in [-0.05, 0) is 29.5 Å². The van der Waals surface area contributed by atoms with Gasteiger partial charge < -0.3 is 10.1 Å². The van der Waals surface area contributed by atoms with Gasteiger partial charge in [-0.15, -0.1) is 11.3 Å². The third-order valence-electron chi connectivity index (χ3n) is 5.30. The highest BCUT2D eigenvalue weighted by Crippen LogP contribution is 2.26. The molecule has 4 rings (SSSR count). The number of morpholine rings is 1. The van der Waals surface area contributed by atoms with Crippen molar-refractivity contribution >= 4 is 17.2 Å². The number of hydrogen-bond acceptors (Lipinski definition) is 5. The highest BCUT2D eigenvalue weighted by molar-refractivity contribution is 7.10. The van der Waals surface area contributed by atoms with Gasteiger partial charge in [0.2, 0.25) is 5.91 Å². The SMILES string of the molecule is Cc1cnn(CC2CN(CCC(=O)NC(c3ccccc3)c3cccs3)CCO2)c1. The lowest BCUT2D eigenvalue weighted by Gasteiger charge is -2.32. The molecule has 1 aliphatic rings. The molecule has 2 unspecified atom stereocenters. The van der Waals surface area contributed by atoms with Crippen LogP contribution in [0.15, 0.2) is 60.2 Å². The molecule has 158 valence electrons. The monoisotopic (exact) mass is 424 g/mol. The molecule has 30 heavy (non-hydrogen) atoms. The first kappa shape index (κ1) is 20.8. The average Bonchev–Trinajstić information content (AvgIpc) is 3.43. The number of ether oxygens (including phenoxy) is 1. The fourth-order valence-electron chi connectivity index (χ4n) is 3.78. The second-order valence-electron chi connectivity index (χ2n) is 7.71. The van der Waals surface area contributed by atoms with E-state index in [4.69, 9.17) is 4.74 Å². The van der Waals surface area contributed by atoms with Crippen molar-refractivity contribution in [1.29, 1.82) is 0 Å². The first-order chi connectivity index (χ1) is 14.7. The summed E-state index contributed by atoms with van der Waals surface area (Å²) in [7, 11) is 0. The lowest BCUT2D eigenvalue weighted by Crippen LogP contribution is -2.45. The van der Waals surface area contributed by atoms with E-state index in [0.717, 1.165) is 42.2 Å². The number of rotatable bonds is 8. The molecular formula is C23H28N4O2S. The van der Waals surface area contributed by atoms with E-state index in [0.29, 0.717) is 13.0 Å². The van der Waals surface area contributed by atoms with Gasteiger partial charge in [0, 0.05) is 37.1 Å². The fourth-order valence-corrected chi connectivity index (χ4v) is 4.58. The molecule has 0 bridgehead atoms. The molecule has 1 saturated heterocycles. The minimum Gasteiger partial charge on any atom is -0.374 e. The number of aryl methyl sites for hydroxylation is 1. The van der Waals surface area contributed by atoms with E-state index in [9.17, 15) is 4.79 Å². The van der Waals surface area contributed by atoms with Crippen LogP contribution in [0.5, 0.6) is 0 Å². The number of aromatic nitrogens is 2. The summed E-state index contributed by atoms with van der Waals surface area (Å²) in [4.78, 5) is 16.2. The maximum Gasteiger partial charge on any atom is 0.222 e. The van der Waals surface area contributed by atoms with Crippen LogP contribution in [0.3, 0.4) is 0 Å². The largest absolute Gasteiger partial charge is 0.374 e. The summed E-state index contributed by atoms with van der Waals surface area (Å²) in [6.07, 6.45) is 4.47. The number of hydrogen-bond donors (Lipinski definition) is 1. The second-order valence-corrected chi connectivity index (χ2v) is 8.69. The van der Waals surface area contributed by atoms with E-state index in [1.165, 1.54) is 0 Å². The van der Waals surface area contributed by atoms with Crippen LogP contribution in [0.4, 0.5) is 0 Å².